The van der Waals surface area contributed by atoms with Crippen LogP contribution in [0.1, 0.15) is 18.1 Å². The number of hydrogen-bond donors (Lipinski definition) is 2. The van der Waals surface area contributed by atoms with Crippen molar-refractivity contribution in [3.8, 4) is 17.2 Å². The van der Waals surface area contributed by atoms with E-state index in [4.69, 9.17) is 10.5 Å². The fourth-order valence-electron chi connectivity index (χ4n) is 1.86. The van der Waals surface area contributed by atoms with Crippen molar-refractivity contribution < 1.29 is 5.21 Å². The highest BCUT2D eigenvalue weighted by molar-refractivity contribution is 5.68. The minimum atomic E-state index is -0.0893. The van der Waals surface area contributed by atoms with Crippen molar-refractivity contribution in [3.05, 3.63) is 65.7 Å². The highest BCUT2D eigenvalue weighted by Gasteiger charge is 1.99. The lowest BCUT2D eigenvalue weighted by molar-refractivity contribution is 0.150. The maximum Gasteiger partial charge on any atom is 0.0991 e. The van der Waals surface area contributed by atoms with Crippen molar-refractivity contribution in [2.75, 3.05) is 0 Å². The molecule has 0 aliphatic rings. The molecular formula is C17H16N2O. The van der Waals surface area contributed by atoms with Gasteiger partial charge >= 0.3 is 0 Å². The first-order valence-corrected chi connectivity index (χ1v) is 6.41. The summed E-state index contributed by atoms with van der Waals surface area (Å²) < 4.78 is 0. The number of benzene rings is 2. The fourth-order valence-corrected chi connectivity index (χ4v) is 1.86. The lowest BCUT2D eigenvalue weighted by Gasteiger charge is -2.04. The summed E-state index contributed by atoms with van der Waals surface area (Å²) in [6, 6.07) is 17.6. The summed E-state index contributed by atoms with van der Waals surface area (Å²) in [6.45, 7) is 1.86. The third kappa shape index (κ3) is 3.55. The monoisotopic (exact) mass is 264 g/mol. The average Bonchev–Trinajstić information content (AvgIpc) is 2.53. The third-order valence-corrected chi connectivity index (χ3v) is 3.01. The molecule has 2 N–H and O–H groups in total. The van der Waals surface area contributed by atoms with Gasteiger partial charge in [0.25, 0.3) is 0 Å². The van der Waals surface area contributed by atoms with E-state index in [1.807, 2.05) is 61.5 Å². The van der Waals surface area contributed by atoms with Gasteiger partial charge in [-0.3, -0.25) is 0 Å². The Hall–Kier alpha value is -2.41. The standard InChI is InChI=1S/C17H16N2O/c1-13(19-20)5-6-14-3-2-4-17(11-14)16-9-7-15(12-18)8-10-16/h2-11,13,19-20H,1H3/t13-/m1/s1. The molecule has 0 bridgehead atoms. The van der Waals surface area contributed by atoms with E-state index >= 15 is 0 Å². The molecule has 3 nitrogen and oxygen atoms in total. The molecule has 20 heavy (non-hydrogen) atoms. The molecule has 2 aromatic carbocycles. The zero-order valence-corrected chi connectivity index (χ0v) is 11.2. The van der Waals surface area contributed by atoms with E-state index in [0.717, 1.165) is 16.7 Å². The van der Waals surface area contributed by atoms with Gasteiger partial charge in [0.05, 0.1) is 11.6 Å². The van der Waals surface area contributed by atoms with E-state index in [1.165, 1.54) is 0 Å². The van der Waals surface area contributed by atoms with Crippen LogP contribution in [0.15, 0.2) is 54.6 Å². The molecule has 0 aromatic heterocycles. The Labute approximate surface area is 118 Å². The molecule has 0 saturated carbocycles. The van der Waals surface area contributed by atoms with E-state index in [2.05, 4.69) is 17.6 Å². The lowest BCUT2D eigenvalue weighted by Crippen LogP contribution is -2.18. The minimum absolute atomic E-state index is 0.0893. The molecule has 0 radical (unpaired) electrons. The predicted octanol–water partition coefficient (Wildman–Crippen LogP) is 3.61. The molecule has 0 fully saturated rings. The zero-order valence-electron chi connectivity index (χ0n) is 11.2. The van der Waals surface area contributed by atoms with Crippen LogP contribution < -0.4 is 5.48 Å². The number of rotatable bonds is 4. The van der Waals surface area contributed by atoms with Crippen LogP contribution >= 0.6 is 0 Å². The van der Waals surface area contributed by atoms with Crippen LogP contribution in [0, 0.1) is 11.3 Å². The van der Waals surface area contributed by atoms with Gasteiger partial charge in [-0.25, -0.2) is 0 Å². The first-order chi connectivity index (χ1) is 9.72. The Balaban J connectivity index is 2.25. The summed E-state index contributed by atoms with van der Waals surface area (Å²) in [4.78, 5) is 0. The van der Waals surface area contributed by atoms with E-state index in [-0.39, 0.29) is 6.04 Å². The van der Waals surface area contributed by atoms with E-state index in [0.29, 0.717) is 5.56 Å². The fraction of sp³-hybridized carbons (Fsp3) is 0.118. The van der Waals surface area contributed by atoms with Crippen LogP contribution in [0.2, 0.25) is 0 Å². The first kappa shape index (κ1) is 14.0. The summed E-state index contributed by atoms with van der Waals surface area (Å²) >= 11 is 0. The normalized spacial score (nSPS) is 12.2. The number of nitriles is 1. The van der Waals surface area contributed by atoms with Gasteiger partial charge in [-0.15, -0.1) is 0 Å². The largest absolute Gasteiger partial charge is 0.316 e. The molecule has 3 heteroatoms. The Morgan fingerprint density at radius 3 is 2.55 bits per heavy atom. The maximum atomic E-state index is 8.80. The third-order valence-electron chi connectivity index (χ3n) is 3.01. The molecule has 1 atom stereocenters. The van der Waals surface area contributed by atoms with Gasteiger partial charge in [-0.05, 0) is 41.8 Å². The van der Waals surface area contributed by atoms with Crippen LogP contribution in [-0.4, -0.2) is 11.2 Å². The molecule has 0 saturated heterocycles. The molecule has 0 aliphatic carbocycles. The van der Waals surface area contributed by atoms with Crippen molar-refractivity contribution in [3.63, 3.8) is 0 Å². The van der Waals surface area contributed by atoms with Gasteiger partial charge in [0.1, 0.15) is 0 Å². The maximum absolute atomic E-state index is 8.80. The second-order valence-corrected chi connectivity index (χ2v) is 4.59. The topological polar surface area (TPSA) is 56.0 Å². The van der Waals surface area contributed by atoms with Gasteiger partial charge in [0.15, 0.2) is 0 Å². The van der Waals surface area contributed by atoms with Gasteiger partial charge < -0.3 is 5.21 Å². The highest BCUT2D eigenvalue weighted by Crippen LogP contribution is 2.21. The smallest absolute Gasteiger partial charge is 0.0991 e. The van der Waals surface area contributed by atoms with Crippen molar-refractivity contribution in [2.45, 2.75) is 13.0 Å². The number of nitrogens with zero attached hydrogens (tertiary/aromatic N) is 1. The van der Waals surface area contributed by atoms with Crippen molar-refractivity contribution in [2.24, 2.45) is 0 Å². The van der Waals surface area contributed by atoms with Gasteiger partial charge in [-0.1, -0.05) is 42.5 Å². The average molecular weight is 264 g/mol. The van der Waals surface area contributed by atoms with Gasteiger partial charge in [0, 0.05) is 6.04 Å². The summed E-state index contributed by atoms with van der Waals surface area (Å²) in [5.41, 5.74) is 6.08. The highest BCUT2D eigenvalue weighted by atomic mass is 16.5. The summed E-state index contributed by atoms with van der Waals surface area (Å²) in [7, 11) is 0. The molecule has 2 rings (SSSR count). The molecule has 0 aliphatic heterocycles. The van der Waals surface area contributed by atoms with Crippen molar-refractivity contribution in [1.29, 1.82) is 5.26 Å². The lowest BCUT2D eigenvalue weighted by atomic mass is 10.0. The number of hydrogen-bond acceptors (Lipinski definition) is 3. The summed E-state index contributed by atoms with van der Waals surface area (Å²) in [6.07, 6.45) is 3.85. The van der Waals surface area contributed by atoms with Crippen LogP contribution in [0.5, 0.6) is 0 Å². The number of hydroxylamine groups is 1. The SMILES string of the molecule is C[C@H](C=Cc1cccc(-c2ccc(C#N)cc2)c1)NO. The van der Waals surface area contributed by atoms with Crippen molar-refractivity contribution in [1.82, 2.24) is 5.48 Å². The van der Waals surface area contributed by atoms with Gasteiger partial charge in [0.2, 0.25) is 0 Å². The molecule has 0 unspecified atom stereocenters. The number of nitrogens with one attached hydrogen (secondary N) is 1. The van der Waals surface area contributed by atoms with Crippen LogP contribution in [0.25, 0.3) is 17.2 Å². The Morgan fingerprint density at radius 2 is 1.90 bits per heavy atom. The van der Waals surface area contributed by atoms with Crippen LogP contribution in [-0.2, 0) is 0 Å². The van der Waals surface area contributed by atoms with E-state index in [1.54, 1.807) is 0 Å². The second-order valence-electron chi connectivity index (χ2n) is 4.59. The second kappa shape index (κ2) is 6.67. The first-order valence-electron chi connectivity index (χ1n) is 6.41. The van der Waals surface area contributed by atoms with Crippen molar-refractivity contribution >= 4 is 6.08 Å². The Kier molecular flexibility index (Phi) is 4.67. The minimum Gasteiger partial charge on any atom is -0.316 e. The predicted molar refractivity (Wildman–Crippen MR) is 80.0 cm³/mol. The van der Waals surface area contributed by atoms with Crippen LogP contribution in [0.3, 0.4) is 0 Å². The molecule has 0 amide bonds. The Morgan fingerprint density at radius 1 is 1.15 bits per heavy atom. The summed E-state index contributed by atoms with van der Waals surface area (Å²) in [5, 5.41) is 17.6. The molecule has 0 heterocycles. The zero-order chi connectivity index (χ0) is 14.4. The summed E-state index contributed by atoms with van der Waals surface area (Å²) in [5.74, 6) is 0. The molecular weight excluding hydrogens is 248 g/mol. The van der Waals surface area contributed by atoms with E-state index < -0.39 is 0 Å². The van der Waals surface area contributed by atoms with E-state index in [9.17, 15) is 0 Å². The van der Waals surface area contributed by atoms with Gasteiger partial charge in [-0.2, -0.15) is 10.7 Å². The molecule has 100 valence electrons. The Bertz CT molecular complexity index is 639. The molecule has 0 spiro atoms. The van der Waals surface area contributed by atoms with Crippen LogP contribution in [0.4, 0.5) is 0 Å². The quantitative estimate of drug-likeness (QED) is 0.829. The molecule has 2 aromatic rings.